The number of hydrogen-bond acceptors (Lipinski definition) is 4. The maximum atomic E-state index is 14.5. The second-order valence-corrected chi connectivity index (χ2v) is 8.22. The Bertz CT molecular complexity index is 1190. The summed E-state index contributed by atoms with van der Waals surface area (Å²) in [7, 11) is -4.42. The van der Waals surface area contributed by atoms with Crippen molar-refractivity contribution in [3.8, 4) is 16.9 Å². The van der Waals surface area contributed by atoms with Crippen molar-refractivity contribution in [2.75, 3.05) is 0 Å². The fraction of sp³-hybridized carbons (Fsp3) is 0.0625. The molecule has 0 aliphatic carbocycles. The number of halogens is 3. The molecule has 1 heterocycles. The van der Waals surface area contributed by atoms with Crippen molar-refractivity contribution in [1.82, 2.24) is 4.57 Å². The smallest absolute Gasteiger partial charge is 0.267 e. The average molecular weight is 417 g/mol. The highest BCUT2D eigenvalue weighted by atomic mass is 35.5. The molecule has 0 radical (unpaired) electrons. The van der Waals surface area contributed by atoms with E-state index in [2.05, 4.69) is 0 Å². The van der Waals surface area contributed by atoms with Crippen LogP contribution in [0.4, 0.5) is 8.78 Å². The molecular formula is C16H11ClF2N2O3S2. The number of aromatic nitrogens is 1. The van der Waals surface area contributed by atoms with Gasteiger partial charge in [-0.25, -0.2) is 22.3 Å². The lowest BCUT2D eigenvalue weighted by Crippen LogP contribution is -2.15. The molecule has 0 aliphatic heterocycles. The summed E-state index contributed by atoms with van der Waals surface area (Å²) in [5.74, 6) is -2.23. The Morgan fingerprint density at radius 3 is 2.46 bits per heavy atom. The highest BCUT2D eigenvalue weighted by Gasteiger charge is 2.22. The van der Waals surface area contributed by atoms with E-state index in [-0.39, 0.29) is 11.3 Å². The second kappa shape index (κ2) is 6.58. The second-order valence-electron chi connectivity index (χ2n) is 5.46. The molecule has 0 saturated carbocycles. The zero-order chi connectivity index (χ0) is 19.2. The Balaban J connectivity index is 2.26. The first-order chi connectivity index (χ1) is 12.1. The maximum Gasteiger partial charge on any atom is 0.312 e. The molecule has 5 nitrogen and oxygen atoms in total. The molecule has 1 aromatic heterocycles. The quantitative estimate of drug-likeness (QED) is 0.709. The summed E-state index contributed by atoms with van der Waals surface area (Å²) in [6.07, 6.45) is 0. The van der Waals surface area contributed by atoms with Gasteiger partial charge in [0, 0.05) is 16.0 Å². The van der Waals surface area contributed by atoms with Gasteiger partial charge in [-0.15, -0.1) is 0 Å². The van der Waals surface area contributed by atoms with Crippen LogP contribution in [-0.2, 0) is 10.0 Å². The van der Waals surface area contributed by atoms with Crippen LogP contribution < -0.4 is 10.0 Å². The van der Waals surface area contributed by atoms with E-state index < -0.39 is 31.4 Å². The van der Waals surface area contributed by atoms with Gasteiger partial charge in [0.2, 0.25) is 10.0 Å². The zero-order valence-electron chi connectivity index (χ0n) is 13.2. The monoisotopic (exact) mass is 416 g/mol. The number of rotatable bonds is 3. The summed E-state index contributed by atoms with van der Waals surface area (Å²) in [4.78, 5) is 10.9. The highest BCUT2D eigenvalue weighted by molar-refractivity contribution is 7.89. The molecule has 0 aliphatic rings. The van der Waals surface area contributed by atoms with Crippen LogP contribution in [-0.4, -0.2) is 13.0 Å². The number of sulfonamides is 1. The highest BCUT2D eigenvalue weighted by Crippen LogP contribution is 2.30. The number of primary sulfonamides is 1. The fourth-order valence-corrected chi connectivity index (χ4v) is 3.92. The minimum absolute atomic E-state index is 0.0825. The average Bonchev–Trinajstić information content (AvgIpc) is 2.92. The molecule has 0 amide bonds. The van der Waals surface area contributed by atoms with E-state index in [1.165, 1.54) is 9.95 Å². The van der Waals surface area contributed by atoms with Crippen molar-refractivity contribution < 1.29 is 17.2 Å². The van der Waals surface area contributed by atoms with Crippen LogP contribution in [0.5, 0.6) is 0 Å². The SMILES string of the molecule is Cc1cc(-n2c(-c3cc(F)c(S(N)(=O)=O)cc3F)csc2=O)ccc1Cl. The fourth-order valence-electron chi connectivity index (χ4n) is 2.45. The third kappa shape index (κ3) is 3.30. The molecule has 2 aromatic carbocycles. The molecule has 2 N–H and O–H groups in total. The van der Waals surface area contributed by atoms with Crippen LogP contribution in [0, 0.1) is 18.6 Å². The predicted molar refractivity (Wildman–Crippen MR) is 96.4 cm³/mol. The summed E-state index contributed by atoms with van der Waals surface area (Å²) in [6.45, 7) is 1.74. The summed E-state index contributed by atoms with van der Waals surface area (Å²) >= 11 is 6.78. The molecule has 0 bridgehead atoms. The van der Waals surface area contributed by atoms with Gasteiger partial charge in [-0.3, -0.25) is 9.36 Å². The van der Waals surface area contributed by atoms with E-state index in [0.29, 0.717) is 28.4 Å². The van der Waals surface area contributed by atoms with Crippen molar-refractivity contribution in [1.29, 1.82) is 0 Å². The number of nitrogens with zero attached hydrogens (tertiary/aromatic N) is 1. The number of aryl methyl sites for hydroxylation is 1. The van der Waals surface area contributed by atoms with E-state index in [4.69, 9.17) is 16.7 Å². The van der Waals surface area contributed by atoms with Crippen LogP contribution in [0.15, 0.2) is 45.4 Å². The zero-order valence-corrected chi connectivity index (χ0v) is 15.6. The van der Waals surface area contributed by atoms with E-state index in [1.807, 2.05) is 0 Å². The van der Waals surface area contributed by atoms with Crippen LogP contribution in [0.1, 0.15) is 5.56 Å². The molecule has 10 heteroatoms. The van der Waals surface area contributed by atoms with Crippen LogP contribution >= 0.6 is 22.9 Å². The first-order valence-electron chi connectivity index (χ1n) is 7.09. The van der Waals surface area contributed by atoms with Crippen molar-refractivity contribution in [2.45, 2.75) is 11.8 Å². The molecular weight excluding hydrogens is 406 g/mol. The van der Waals surface area contributed by atoms with Crippen LogP contribution in [0.3, 0.4) is 0 Å². The normalized spacial score (nSPS) is 11.7. The summed E-state index contributed by atoms with van der Waals surface area (Å²) < 4.78 is 52.5. The topological polar surface area (TPSA) is 82.2 Å². The minimum atomic E-state index is -4.42. The number of benzene rings is 2. The van der Waals surface area contributed by atoms with Gasteiger partial charge in [0.15, 0.2) is 0 Å². The Labute approximate surface area is 156 Å². The van der Waals surface area contributed by atoms with Crippen LogP contribution in [0.25, 0.3) is 16.9 Å². The first kappa shape index (κ1) is 18.7. The largest absolute Gasteiger partial charge is 0.312 e. The van der Waals surface area contributed by atoms with Crippen LogP contribution in [0.2, 0.25) is 5.02 Å². The third-order valence-electron chi connectivity index (χ3n) is 3.70. The molecule has 0 saturated heterocycles. The van der Waals surface area contributed by atoms with Crippen molar-refractivity contribution >= 4 is 33.0 Å². The van der Waals surface area contributed by atoms with Crippen molar-refractivity contribution in [3.05, 3.63) is 67.6 Å². The van der Waals surface area contributed by atoms with Gasteiger partial charge in [0.05, 0.1) is 11.4 Å². The lowest BCUT2D eigenvalue weighted by molar-refractivity contribution is 0.555. The summed E-state index contributed by atoms with van der Waals surface area (Å²) in [6, 6.07) is 5.99. The van der Waals surface area contributed by atoms with Gasteiger partial charge >= 0.3 is 4.87 Å². The molecule has 0 fully saturated rings. The molecule has 0 spiro atoms. The molecule has 26 heavy (non-hydrogen) atoms. The molecule has 0 unspecified atom stereocenters. The van der Waals surface area contributed by atoms with Gasteiger partial charge in [-0.2, -0.15) is 0 Å². The van der Waals surface area contributed by atoms with Crippen molar-refractivity contribution in [2.24, 2.45) is 5.14 Å². The Kier molecular flexibility index (Phi) is 4.74. The maximum absolute atomic E-state index is 14.5. The minimum Gasteiger partial charge on any atom is -0.267 e. The Hall–Kier alpha value is -2.07. The number of nitrogens with two attached hydrogens (primary N) is 1. The van der Waals surface area contributed by atoms with E-state index >= 15 is 0 Å². The molecule has 136 valence electrons. The van der Waals surface area contributed by atoms with E-state index in [9.17, 15) is 22.0 Å². The van der Waals surface area contributed by atoms with Crippen molar-refractivity contribution in [3.63, 3.8) is 0 Å². The lowest BCUT2D eigenvalue weighted by Gasteiger charge is -2.11. The summed E-state index contributed by atoms with van der Waals surface area (Å²) in [5.41, 5.74) is 0.938. The van der Waals surface area contributed by atoms with Gasteiger partial charge < -0.3 is 0 Å². The number of thiazole rings is 1. The van der Waals surface area contributed by atoms with Gasteiger partial charge in [-0.1, -0.05) is 22.9 Å². The van der Waals surface area contributed by atoms with E-state index in [0.717, 1.165) is 11.3 Å². The summed E-state index contributed by atoms with van der Waals surface area (Å²) in [5, 5.41) is 6.73. The molecule has 3 aromatic rings. The molecule has 0 atom stereocenters. The molecule has 3 rings (SSSR count). The number of hydrogen-bond donors (Lipinski definition) is 1. The third-order valence-corrected chi connectivity index (χ3v) is 5.77. The standard InChI is InChI=1S/C16H11ClF2N2O3S2/c1-8-4-9(2-3-11(8)17)21-14(7-25-16(21)22)10-5-13(19)15(6-12(10)18)26(20,23)24/h2-7H,1H3,(H2,20,23,24). The predicted octanol–water partition coefficient (Wildman–Crippen LogP) is 3.45. The Morgan fingerprint density at radius 1 is 1.15 bits per heavy atom. The van der Waals surface area contributed by atoms with Gasteiger partial charge in [-0.05, 0) is 42.8 Å². The van der Waals surface area contributed by atoms with E-state index in [1.54, 1.807) is 25.1 Å². The first-order valence-corrected chi connectivity index (χ1v) is 9.89. The Morgan fingerprint density at radius 2 is 1.85 bits per heavy atom. The van der Waals surface area contributed by atoms with Gasteiger partial charge in [0.25, 0.3) is 0 Å². The lowest BCUT2D eigenvalue weighted by atomic mass is 10.1. The van der Waals surface area contributed by atoms with Gasteiger partial charge in [0.1, 0.15) is 16.5 Å².